The van der Waals surface area contributed by atoms with Crippen LogP contribution in [0.1, 0.15) is 24.1 Å². The molecule has 0 bridgehead atoms. The predicted molar refractivity (Wildman–Crippen MR) is 64.2 cm³/mol. The van der Waals surface area contributed by atoms with Crippen molar-refractivity contribution >= 4 is 15.9 Å². The number of halogens is 1. The van der Waals surface area contributed by atoms with Crippen molar-refractivity contribution in [3.05, 3.63) is 28.0 Å². The first-order valence-corrected chi connectivity index (χ1v) is 5.99. The van der Waals surface area contributed by atoms with Crippen LogP contribution in [0.15, 0.2) is 10.8 Å². The van der Waals surface area contributed by atoms with E-state index in [2.05, 4.69) is 38.1 Å². The van der Waals surface area contributed by atoms with Gasteiger partial charge in [-0.3, -0.25) is 4.68 Å². The fraction of sp³-hybridized carbons (Fsp3) is 0.500. The summed E-state index contributed by atoms with van der Waals surface area (Å²) < 4.78 is 5.02. The molecule has 16 heavy (non-hydrogen) atoms. The molecule has 2 heterocycles. The third-order valence-electron chi connectivity index (χ3n) is 2.62. The average Bonchev–Trinajstić information content (AvgIpc) is 2.81. The molecule has 0 N–H and O–H groups in total. The van der Waals surface area contributed by atoms with Crippen LogP contribution in [0, 0.1) is 13.8 Å². The monoisotopic (exact) mass is 283 g/mol. The van der Waals surface area contributed by atoms with Crippen LogP contribution in [-0.2, 0) is 13.1 Å². The van der Waals surface area contributed by atoms with E-state index in [0.717, 1.165) is 28.2 Å². The van der Waals surface area contributed by atoms with Gasteiger partial charge in [0.1, 0.15) is 12.9 Å². The predicted octanol–water partition coefficient (Wildman–Crippen LogP) is 1.92. The molecule has 2 rings (SSSR count). The molecule has 0 aliphatic carbocycles. The number of hydrogen-bond donors (Lipinski definition) is 0. The summed E-state index contributed by atoms with van der Waals surface area (Å²) in [5.41, 5.74) is 2.11. The highest BCUT2D eigenvalue weighted by molar-refractivity contribution is 9.10. The summed E-state index contributed by atoms with van der Waals surface area (Å²) in [5, 5.41) is 12.5. The summed E-state index contributed by atoms with van der Waals surface area (Å²) in [6.45, 7) is 7.63. The zero-order valence-electron chi connectivity index (χ0n) is 9.61. The Kier molecular flexibility index (Phi) is 3.09. The van der Waals surface area contributed by atoms with Gasteiger partial charge in [-0.2, -0.15) is 5.10 Å². The van der Waals surface area contributed by atoms with Crippen molar-refractivity contribution in [2.45, 2.75) is 33.9 Å². The van der Waals surface area contributed by atoms with Gasteiger partial charge in [0.05, 0.1) is 15.9 Å². The van der Waals surface area contributed by atoms with Crippen molar-refractivity contribution < 1.29 is 0 Å². The van der Waals surface area contributed by atoms with Gasteiger partial charge in [-0.05, 0) is 36.7 Å². The molecule has 0 aliphatic heterocycles. The number of rotatable bonds is 3. The van der Waals surface area contributed by atoms with E-state index in [0.29, 0.717) is 6.54 Å². The second kappa shape index (κ2) is 4.37. The van der Waals surface area contributed by atoms with Gasteiger partial charge in [0.15, 0.2) is 5.82 Å². The van der Waals surface area contributed by atoms with Gasteiger partial charge in [0, 0.05) is 6.54 Å². The molecule has 0 aromatic carbocycles. The third kappa shape index (κ3) is 1.89. The van der Waals surface area contributed by atoms with Gasteiger partial charge in [-0.25, -0.2) is 0 Å². The molecule has 86 valence electrons. The fourth-order valence-electron chi connectivity index (χ4n) is 1.63. The number of hydrogen-bond acceptors (Lipinski definition) is 3. The van der Waals surface area contributed by atoms with Gasteiger partial charge in [-0.1, -0.05) is 0 Å². The van der Waals surface area contributed by atoms with E-state index in [9.17, 15) is 0 Å². The van der Waals surface area contributed by atoms with Crippen LogP contribution >= 0.6 is 15.9 Å². The zero-order valence-corrected chi connectivity index (χ0v) is 11.2. The van der Waals surface area contributed by atoms with E-state index in [1.807, 2.05) is 23.1 Å². The van der Waals surface area contributed by atoms with Crippen molar-refractivity contribution in [3.63, 3.8) is 0 Å². The summed E-state index contributed by atoms with van der Waals surface area (Å²) in [4.78, 5) is 0. The molecular formula is C10H14BrN5. The number of aromatic nitrogens is 5. The lowest BCUT2D eigenvalue weighted by Crippen LogP contribution is -2.10. The highest BCUT2D eigenvalue weighted by Crippen LogP contribution is 2.20. The topological polar surface area (TPSA) is 48.5 Å². The van der Waals surface area contributed by atoms with Gasteiger partial charge >= 0.3 is 0 Å². The van der Waals surface area contributed by atoms with Gasteiger partial charge in [-0.15, -0.1) is 10.2 Å². The maximum absolute atomic E-state index is 4.45. The molecule has 5 nitrogen and oxygen atoms in total. The molecule has 0 spiro atoms. The van der Waals surface area contributed by atoms with E-state index in [1.54, 1.807) is 6.33 Å². The Morgan fingerprint density at radius 1 is 1.38 bits per heavy atom. The number of nitrogens with zero attached hydrogens (tertiary/aromatic N) is 5. The SMILES string of the molecule is CCn1cnnc1Cn1nc(C)c(Br)c1C. The van der Waals surface area contributed by atoms with Crippen LogP contribution in [0.25, 0.3) is 0 Å². The first-order chi connectivity index (χ1) is 7.63. The standard InChI is InChI=1S/C10H14BrN5/c1-4-15-6-12-13-9(15)5-16-8(3)10(11)7(2)14-16/h6H,4-5H2,1-3H3. The second-order valence-electron chi connectivity index (χ2n) is 3.68. The van der Waals surface area contributed by atoms with Gasteiger partial charge in [0.2, 0.25) is 0 Å². The molecular weight excluding hydrogens is 270 g/mol. The van der Waals surface area contributed by atoms with Crippen LogP contribution in [0.4, 0.5) is 0 Å². The summed E-state index contributed by atoms with van der Waals surface area (Å²) in [5.74, 6) is 0.931. The summed E-state index contributed by atoms with van der Waals surface area (Å²) in [7, 11) is 0. The Morgan fingerprint density at radius 3 is 2.69 bits per heavy atom. The lowest BCUT2D eigenvalue weighted by molar-refractivity contribution is 0.591. The highest BCUT2D eigenvalue weighted by atomic mass is 79.9. The molecule has 0 amide bonds. The smallest absolute Gasteiger partial charge is 0.154 e. The first-order valence-electron chi connectivity index (χ1n) is 5.19. The lowest BCUT2D eigenvalue weighted by Gasteiger charge is -2.05. The minimum Gasteiger partial charge on any atom is -0.316 e. The molecule has 0 unspecified atom stereocenters. The zero-order chi connectivity index (χ0) is 11.7. The summed E-state index contributed by atoms with van der Waals surface area (Å²) >= 11 is 3.51. The van der Waals surface area contributed by atoms with E-state index in [-0.39, 0.29) is 0 Å². The van der Waals surface area contributed by atoms with E-state index < -0.39 is 0 Å². The first kappa shape index (κ1) is 11.3. The second-order valence-corrected chi connectivity index (χ2v) is 4.47. The van der Waals surface area contributed by atoms with Crippen LogP contribution in [0.2, 0.25) is 0 Å². The average molecular weight is 284 g/mol. The normalized spacial score (nSPS) is 11.0. The molecule has 0 atom stereocenters. The lowest BCUT2D eigenvalue weighted by atomic mass is 10.4. The van der Waals surface area contributed by atoms with Crippen molar-refractivity contribution in [1.29, 1.82) is 0 Å². The van der Waals surface area contributed by atoms with Crippen LogP contribution in [0.3, 0.4) is 0 Å². The Labute approximate surface area is 103 Å². The fourth-order valence-corrected chi connectivity index (χ4v) is 1.91. The Bertz CT molecular complexity index is 499. The van der Waals surface area contributed by atoms with Crippen LogP contribution < -0.4 is 0 Å². The van der Waals surface area contributed by atoms with Crippen LogP contribution in [-0.4, -0.2) is 24.5 Å². The van der Waals surface area contributed by atoms with Gasteiger partial charge in [0.25, 0.3) is 0 Å². The molecule has 2 aromatic rings. The molecule has 0 saturated carbocycles. The van der Waals surface area contributed by atoms with Crippen LogP contribution in [0.5, 0.6) is 0 Å². The Balaban J connectivity index is 2.30. The van der Waals surface area contributed by atoms with E-state index >= 15 is 0 Å². The maximum Gasteiger partial charge on any atom is 0.154 e. The van der Waals surface area contributed by atoms with Crippen molar-refractivity contribution in [2.24, 2.45) is 0 Å². The molecule has 0 saturated heterocycles. The van der Waals surface area contributed by atoms with Crippen molar-refractivity contribution in [2.75, 3.05) is 0 Å². The van der Waals surface area contributed by atoms with E-state index in [1.165, 1.54) is 0 Å². The third-order valence-corrected chi connectivity index (χ3v) is 3.77. The summed E-state index contributed by atoms with van der Waals surface area (Å²) in [6.07, 6.45) is 1.75. The molecule has 0 aliphatic rings. The Hall–Kier alpha value is -1.17. The molecule has 0 fully saturated rings. The molecule has 0 radical (unpaired) electrons. The maximum atomic E-state index is 4.45. The largest absolute Gasteiger partial charge is 0.316 e. The van der Waals surface area contributed by atoms with Gasteiger partial charge < -0.3 is 4.57 Å². The van der Waals surface area contributed by atoms with Crippen molar-refractivity contribution in [3.8, 4) is 0 Å². The van der Waals surface area contributed by atoms with E-state index in [4.69, 9.17) is 0 Å². The number of aryl methyl sites for hydroxylation is 2. The molecule has 6 heteroatoms. The summed E-state index contributed by atoms with van der Waals surface area (Å²) in [6, 6.07) is 0. The van der Waals surface area contributed by atoms with Crippen molar-refractivity contribution in [1.82, 2.24) is 24.5 Å². The minimum absolute atomic E-state index is 0.659. The quantitative estimate of drug-likeness (QED) is 0.865. The highest BCUT2D eigenvalue weighted by Gasteiger charge is 2.11. The minimum atomic E-state index is 0.659. The molecule has 2 aromatic heterocycles. The Morgan fingerprint density at radius 2 is 2.12 bits per heavy atom.